The number of rotatable bonds is 9. The van der Waals surface area contributed by atoms with E-state index in [0.717, 1.165) is 33.0 Å². The third-order valence-electron chi connectivity index (χ3n) is 6.67. The number of methoxy groups -OCH3 is 1. The Hall–Kier alpha value is -3.93. The first-order chi connectivity index (χ1) is 19.4. The van der Waals surface area contributed by atoms with E-state index < -0.39 is 13.2 Å². The molecule has 1 aliphatic rings. The van der Waals surface area contributed by atoms with Gasteiger partial charge in [0, 0.05) is 28.3 Å². The van der Waals surface area contributed by atoms with E-state index in [9.17, 15) is 14.8 Å². The number of aliphatic imine (C=N–C) groups is 1. The molecule has 0 unspecified atom stereocenters. The second-order valence-electron chi connectivity index (χ2n) is 9.41. The summed E-state index contributed by atoms with van der Waals surface area (Å²) in [6.45, 7) is 4.32. The fourth-order valence-corrected chi connectivity index (χ4v) is 5.57. The third kappa shape index (κ3) is 5.81. The molecule has 1 aliphatic heterocycles. The summed E-state index contributed by atoms with van der Waals surface area (Å²) < 4.78 is 7.52. The number of fused-ring (bicyclic) bond motifs is 3. The van der Waals surface area contributed by atoms with Gasteiger partial charge in [0.15, 0.2) is 5.82 Å². The quantitative estimate of drug-likeness (QED) is 0.215. The first kappa shape index (κ1) is 27.6. The molecular formula is C29H30BN5O4S. The van der Waals surface area contributed by atoms with Gasteiger partial charge in [-0.25, -0.2) is 0 Å². The van der Waals surface area contributed by atoms with Crippen molar-refractivity contribution in [3.8, 4) is 11.4 Å². The highest BCUT2D eigenvalue weighted by Crippen LogP contribution is 2.34. The van der Waals surface area contributed by atoms with Gasteiger partial charge in [0.25, 0.3) is 0 Å². The molecule has 0 radical (unpaired) electrons. The average molecular weight is 555 g/mol. The van der Waals surface area contributed by atoms with Crippen LogP contribution in [0.3, 0.4) is 0 Å². The van der Waals surface area contributed by atoms with Crippen molar-refractivity contribution in [3.05, 3.63) is 95.1 Å². The zero-order valence-electron chi connectivity index (χ0n) is 22.5. The number of aryl methyl sites for hydroxylation is 1. The van der Waals surface area contributed by atoms with E-state index in [4.69, 9.17) is 9.73 Å². The second-order valence-corrected chi connectivity index (χ2v) is 10.5. The Morgan fingerprint density at radius 1 is 1.10 bits per heavy atom. The van der Waals surface area contributed by atoms with Crippen molar-refractivity contribution in [1.82, 2.24) is 20.1 Å². The van der Waals surface area contributed by atoms with Gasteiger partial charge in [-0.15, -0.1) is 22.0 Å². The predicted octanol–water partition coefficient (Wildman–Crippen LogP) is 2.97. The predicted molar refractivity (Wildman–Crippen MR) is 157 cm³/mol. The molecule has 1 aromatic heterocycles. The van der Waals surface area contributed by atoms with Crippen LogP contribution in [0.15, 0.2) is 76.6 Å². The highest BCUT2D eigenvalue weighted by Gasteiger charge is 2.30. The lowest BCUT2D eigenvalue weighted by molar-refractivity contribution is -0.121. The Labute approximate surface area is 237 Å². The number of nitrogens with one attached hydrogen (secondary N) is 1. The zero-order chi connectivity index (χ0) is 28.2. The van der Waals surface area contributed by atoms with Gasteiger partial charge in [-0.3, -0.25) is 14.4 Å². The molecule has 0 aliphatic carbocycles. The summed E-state index contributed by atoms with van der Waals surface area (Å²) in [5, 5.41) is 30.5. The summed E-state index contributed by atoms with van der Waals surface area (Å²) in [7, 11) is 0.144. The molecule has 204 valence electrons. The van der Waals surface area contributed by atoms with E-state index in [0.29, 0.717) is 35.2 Å². The zero-order valence-corrected chi connectivity index (χ0v) is 23.4. The number of ether oxygens (including phenoxy) is 1. The molecule has 4 aromatic rings. The van der Waals surface area contributed by atoms with Crippen LogP contribution in [0.1, 0.15) is 47.7 Å². The fraction of sp³-hybridized carbons (Fsp3) is 0.241. The lowest BCUT2D eigenvalue weighted by Gasteiger charge is -2.14. The highest BCUT2D eigenvalue weighted by atomic mass is 32.2. The van der Waals surface area contributed by atoms with Gasteiger partial charge in [-0.2, -0.15) is 0 Å². The van der Waals surface area contributed by atoms with Gasteiger partial charge in [0.05, 0.1) is 24.9 Å². The molecule has 1 amide bonds. The minimum Gasteiger partial charge on any atom is -0.497 e. The minimum absolute atomic E-state index is 0.101. The number of carbonyl (C=O) groups is 1. The molecule has 9 nitrogen and oxygen atoms in total. The maximum atomic E-state index is 12.7. The van der Waals surface area contributed by atoms with E-state index >= 15 is 0 Å². The molecule has 0 saturated carbocycles. The highest BCUT2D eigenvalue weighted by molar-refractivity contribution is 7.98. The van der Waals surface area contributed by atoms with Gasteiger partial charge in [-0.1, -0.05) is 36.4 Å². The van der Waals surface area contributed by atoms with Crippen LogP contribution in [0, 0.1) is 6.92 Å². The van der Waals surface area contributed by atoms with Gasteiger partial charge < -0.3 is 20.1 Å². The number of nitrogens with zero attached hydrogens (tertiary/aromatic N) is 4. The normalized spacial score (nSPS) is 14.0. The van der Waals surface area contributed by atoms with E-state index in [1.54, 1.807) is 31.0 Å². The maximum absolute atomic E-state index is 12.7. The van der Waals surface area contributed by atoms with Crippen molar-refractivity contribution < 1.29 is 19.6 Å². The average Bonchev–Trinajstić information content (AvgIpc) is 3.29. The van der Waals surface area contributed by atoms with Gasteiger partial charge in [0.1, 0.15) is 17.6 Å². The molecule has 3 N–H and O–H groups in total. The number of thioether (sulfide) groups is 1. The largest absolute Gasteiger partial charge is 0.497 e. The Morgan fingerprint density at radius 3 is 2.62 bits per heavy atom. The number of aromatic nitrogens is 3. The van der Waals surface area contributed by atoms with E-state index in [2.05, 4.69) is 15.5 Å². The summed E-state index contributed by atoms with van der Waals surface area (Å²) in [6, 6.07) is 20.7. The molecule has 5 rings (SSSR count). The van der Waals surface area contributed by atoms with Crippen LogP contribution in [-0.4, -0.2) is 57.2 Å². The van der Waals surface area contributed by atoms with Gasteiger partial charge in [0.2, 0.25) is 5.91 Å². The summed E-state index contributed by atoms with van der Waals surface area (Å²) >= 11 is 1.65. The smallest absolute Gasteiger partial charge is 0.488 e. The standard InChI is InChI=1S/C29H30BN5O4S/c1-4-31-27(36)16-25-29-34-33-18(2)35(29)26-13-10-22(39-3)15-24(26)28(32-25)20-8-11-23(12-9-20)40-17-19-6-5-7-21(14-19)30(37)38/h5-15,25,37-38H,4,16-17H2,1-3H3,(H,31,36)/t25-/m0/s1. The lowest BCUT2D eigenvalue weighted by Crippen LogP contribution is -2.29. The van der Waals surface area contributed by atoms with Crippen molar-refractivity contribution in [2.45, 2.75) is 37.0 Å². The lowest BCUT2D eigenvalue weighted by atomic mass is 9.80. The molecule has 3 aromatic carbocycles. The monoisotopic (exact) mass is 555 g/mol. The Bertz CT molecular complexity index is 1550. The molecule has 11 heteroatoms. The first-order valence-electron chi connectivity index (χ1n) is 13.0. The van der Waals surface area contributed by atoms with Crippen LogP contribution in [0.4, 0.5) is 0 Å². The summed E-state index contributed by atoms with van der Waals surface area (Å²) in [5.41, 5.74) is 4.86. The van der Waals surface area contributed by atoms with Gasteiger partial charge in [-0.05, 0) is 55.2 Å². The number of carbonyl (C=O) groups excluding carboxylic acids is 1. The van der Waals surface area contributed by atoms with E-state index in [1.807, 2.05) is 73.0 Å². The van der Waals surface area contributed by atoms with Crippen molar-refractivity contribution in [3.63, 3.8) is 0 Å². The fourth-order valence-electron chi connectivity index (χ4n) is 4.73. The van der Waals surface area contributed by atoms with Crippen molar-refractivity contribution in [2.24, 2.45) is 4.99 Å². The van der Waals surface area contributed by atoms with Crippen molar-refractivity contribution in [2.75, 3.05) is 13.7 Å². The number of amides is 1. The Morgan fingerprint density at radius 2 is 1.90 bits per heavy atom. The van der Waals surface area contributed by atoms with Crippen LogP contribution in [0.5, 0.6) is 5.75 Å². The molecule has 0 bridgehead atoms. The van der Waals surface area contributed by atoms with Crippen LogP contribution in [0.25, 0.3) is 5.69 Å². The summed E-state index contributed by atoms with van der Waals surface area (Å²) in [5.74, 6) is 2.61. The van der Waals surface area contributed by atoms with Crippen LogP contribution in [-0.2, 0) is 10.5 Å². The number of hydrogen-bond donors (Lipinski definition) is 3. The Kier molecular flexibility index (Phi) is 8.34. The third-order valence-corrected chi connectivity index (χ3v) is 7.75. The molecule has 0 spiro atoms. The summed E-state index contributed by atoms with van der Waals surface area (Å²) in [4.78, 5) is 18.8. The molecule has 1 atom stereocenters. The first-order valence-corrected chi connectivity index (χ1v) is 14.0. The van der Waals surface area contributed by atoms with E-state index in [1.165, 1.54) is 0 Å². The van der Waals surface area contributed by atoms with E-state index in [-0.39, 0.29) is 12.3 Å². The minimum atomic E-state index is -1.49. The Balaban J connectivity index is 1.50. The number of hydrogen-bond acceptors (Lipinski definition) is 8. The summed E-state index contributed by atoms with van der Waals surface area (Å²) in [6.07, 6.45) is 0.149. The SMILES string of the molecule is CCNC(=O)C[C@@H]1N=C(c2ccc(SCc3cccc(B(O)O)c3)cc2)c2cc(OC)ccc2-n2c(C)nnc21. The van der Waals surface area contributed by atoms with Crippen molar-refractivity contribution >= 4 is 36.0 Å². The van der Waals surface area contributed by atoms with Crippen LogP contribution in [0.2, 0.25) is 0 Å². The molecular weight excluding hydrogens is 525 g/mol. The van der Waals surface area contributed by atoms with Crippen molar-refractivity contribution in [1.29, 1.82) is 0 Å². The van der Waals surface area contributed by atoms with Crippen LogP contribution >= 0.6 is 11.8 Å². The molecule has 2 heterocycles. The van der Waals surface area contributed by atoms with Crippen LogP contribution < -0.4 is 15.5 Å². The topological polar surface area (TPSA) is 122 Å². The number of benzene rings is 3. The maximum Gasteiger partial charge on any atom is 0.488 e. The molecule has 0 fully saturated rings. The second kappa shape index (κ2) is 12.1. The van der Waals surface area contributed by atoms with Gasteiger partial charge >= 0.3 is 7.12 Å². The molecule has 40 heavy (non-hydrogen) atoms. The molecule has 0 saturated heterocycles.